The smallest absolute Gasteiger partial charge is 0.313 e. The molecule has 1 saturated heterocycles. The maximum Gasteiger partial charge on any atom is 0.313 e. The highest BCUT2D eigenvalue weighted by Crippen LogP contribution is 2.25. The lowest BCUT2D eigenvalue weighted by atomic mass is 9.91. The summed E-state index contributed by atoms with van der Waals surface area (Å²) >= 11 is 0. The van der Waals surface area contributed by atoms with Crippen LogP contribution in [0.3, 0.4) is 0 Å². The first-order valence-corrected chi connectivity index (χ1v) is 8.53. The first kappa shape index (κ1) is 16.6. The first-order valence-electron chi connectivity index (χ1n) is 8.53. The Balaban J connectivity index is 1.56. The van der Waals surface area contributed by atoms with Gasteiger partial charge in [0.1, 0.15) is 0 Å². The summed E-state index contributed by atoms with van der Waals surface area (Å²) in [6.07, 6.45) is 3.21. The number of fused-ring (bicyclic) bond motifs is 1. The van der Waals surface area contributed by atoms with Crippen molar-refractivity contribution in [3.05, 3.63) is 29.3 Å². The second kappa shape index (κ2) is 7.13. The topological polar surface area (TPSA) is 87.3 Å². The monoisotopic (exact) mass is 329 g/mol. The quantitative estimate of drug-likeness (QED) is 0.729. The molecule has 6 nitrogen and oxygen atoms in total. The van der Waals surface area contributed by atoms with Crippen molar-refractivity contribution in [2.24, 2.45) is 5.92 Å². The van der Waals surface area contributed by atoms with Crippen LogP contribution in [-0.4, -0.2) is 36.7 Å². The van der Waals surface area contributed by atoms with Crippen LogP contribution in [0.4, 0.5) is 5.69 Å². The van der Waals surface area contributed by atoms with E-state index in [0.717, 1.165) is 37.1 Å². The van der Waals surface area contributed by atoms with Crippen LogP contribution < -0.4 is 16.0 Å². The molecule has 0 spiro atoms. The fraction of sp³-hybridized carbons (Fsp3) is 0.500. The predicted molar refractivity (Wildman–Crippen MR) is 90.9 cm³/mol. The third-order valence-corrected chi connectivity index (χ3v) is 4.94. The van der Waals surface area contributed by atoms with Crippen LogP contribution in [0.1, 0.15) is 42.1 Å². The van der Waals surface area contributed by atoms with Crippen LogP contribution in [0.5, 0.6) is 0 Å². The summed E-state index contributed by atoms with van der Waals surface area (Å²) in [7, 11) is 0. The van der Waals surface area contributed by atoms with E-state index in [-0.39, 0.29) is 11.8 Å². The number of aryl methyl sites for hydroxylation is 1. The van der Waals surface area contributed by atoms with Crippen LogP contribution in [0.15, 0.2) is 18.2 Å². The molecular formula is C18H23N3O3. The van der Waals surface area contributed by atoms with E-state index in [9.17, 15) is 14.4 Å². The number of benzene rings is 1. The van der Waals surface area contributed by atoms with Gasteiger partial charge in [-0.3, -0.25) is 14.4 Å². The Hall–Kier alpha value is -2.21. The van der Waals surface area contributed by atoms with Gasteiger partial charge in [0.05, 0.1) is 0 Å². The van der Waals surface area contributed by atoms with Gasteiger partial charge in [-0.1, -0.05) is 0 Å². The van der Waals surface area contributed by atoms with Gasteiger partial charge in [-0.05, 0) is 69.0 Å². The molecule has 6 heteroatoms. The zero-order chi connectivity index (χ0) is 17.1. The van der Waals surface area contributed by atoms with E-state index < -0.39 is 11.8 Å². The molecule has 2 aliphatic rings. The molecule has 1 atom stereocenters. The second-order valence-corrected chi connectivity index (χ2v) is 6.60. The molecule has 1 aliphatic carbocycles. The Morgan fingerprint density at radius 2 is 1.92 bits per heavy atom. The van der Waals surface area contributed by atoms with E-state index in [1.165, 1.54) is 0 Å². The largest absolute Gasteiger partial charge is 0.345 e. The van der Waals surface area contributed by atoms with Crippen molar-refractivity contribution in [3.63, 3.8) is 0 Å². The number of hydrogen-bond acceptors (Lipinski definition) is 4. The number of amides is 2. The molecule has 0 aromatic heterocycles. The Kier molecular flexibility index (Phi) is 4.94. The third-order valence-electron chi connectivity index (χ3n) is 4.94. The fourth-order valence-electron chi connectivity index (χ4n) is 3.46. The van der Waals surface area contributed by atoms with Crippen LogP contribution in [0, 0.1) is 5.92 Å². The maximum absolute atomic E-state index is 12.1. The van der Waals surface area contributed by atoms with Crippen molar-refractivity contribution in [3.8, 4) is 0 Å². The zero-order valence-electron chi connectivity index (χ0n) is 13.9. The Morgan fingerprint density at radius 3 is 2.67 bits per heavy atom. The second-order valence-electron chi connectivity index (χ2n) is 6.60. The number of ketones is 1. The van der Waals surface area contributed by atoms with Gasteiger partial charge in [-0.25, -0.2) is 0 Å². The highest BCUT2D eigenvalue weighted by Gasteiger charge is 2.24. The summed E-state index contributed by atoms with van der Waals surface area (Å²) in [6.45, 7) is 3.85. The van der Waals surface area contributed by atoms with Crippen molar-refractivity contribution < 1.29 is 14.4 Å². The average Bonchev–Trinajstić information content (AvgIpc) is 2.96. The molecule has 1 aliphatic heterocycles. The lowest BCUT2D eigenvalue weighted by molar-refractivity contribution is -0.136. The molecule has 2 amide bonds. The molecule has 0 radical (unpaired) electrons. The minimum Gasteiger partial charge on any atom is -0.345 e. The van der Waals surface area contributed by atoms with Gasteiger partial charge in [0.15, 0.2) is 5.78 Å². The molecular weight excluding hydrogens is 306 g/mol. The molecule has 3 rings (SSSR count). The predicted octanol–water partition coefficient (Wildman–Crippen LogP) is 1.26. The molecule has 1 aromatic carbocycles. The Morgan fingerprint density at radius 1 is 1.17 bits per heavy atom. The molecule has 0 unspecified atom stereocenters. The lowest BCUT2D eigenvalue weighted by Crippen LogP contribution is -2.46. The molecule has 0 saturated carbocycles. The van der Waals surface area contributed by atoms with Gasteiger partial charge < -0.3 is 16.0 Å². The summed E-state index contributed by atoms with van der Waals surface area (Å²) in [5, 5.41) is 8.70. The summed E-state index contributed by atoms with van der Waals surface area (Å²) in [4.78, 5) is 35.8. The lowest BCUT2D eigenvalue weighted by Gasteiger charge is -2.28. The molecule has 1 fully saturated rings. The molecule has 1 heterocycles. The number of carbonyl (C=O) groups excluding carboxylic acids is 3. The minimum atomic E-state index is -0.667. The molecule has 1 aromatic rings. The number of Topliss-reactive ketones (excluding diaryl/α,β-unsaturated/α-hetero) is 1. The van der Waals surface area contributed by atoms with E-state index in [4.69, 9.17) is 0 Å². The highest BCUT2D eigenvalue weighted by molar-refractivity contribution is 6.39. The SMILES string of the molecule is C[C@H](NC(=O)C(=O)Nc1ccc2c(c1)CCC2=O)C1CCNCC1. The summed E-state index contributed by atoms with van der Waals surface area (Å²) < 4.78 is 0. The van der Waals surface area contributed by atoms with Crippen molar-refractivity contribution in [2.45, 2.75) is 38.6 Å². The van der Waals surface area contributed by atoms with Crippen LogP contribution in [-0.2, 0) is 16.0 Å². The number of anilines is 1. The van der Waals surface area contributed by atoms with Gasteiger partial charge in [0, 0.05) is 23.7 Å². The van der Waals surface area contributed by atoms with Crippen LogP contribution in [0.2, 0.25) is 0 Å². The molecule has 3 N–H and O–H groups in total. The van der Waals surface area contributed by atoms with Gasteiger partial charge in [-0.15, -0.1) is 0 Å². The number of rotatable bonds is 3. The van der Waals surface area contributed by atoms with Gasteiger partial charge in [0.2, 0.25) is 0 Å². The molecule has 24 heavy (non-hydrogen) atoms. The summed E-state index contributed by atoms with van der Waals surface area (Å²) in [6, 6.07) is 5.14. The van der Waals surface area contributed by atoms with Gasteiger partial charge >= 0.3 is 11.8 Å². The summed E-state index contributed by atoms with van der Waals surface area (Å²) in [5.74, 6) is -0.747. The molecule has 128 valence electrons. The summed E-state index contributed by atoms with van der Waals surface area (Å²) in [5.41, 5.74) is 2.20. The van der Waals surface area contributed by atoms with Gasteiger partial charge in [-0.2, -0.15) is 0 Å². The number of carbonyl (C=O) groups is 3. The standard InChI is InChI=1S/C18H23N3O3/c1-11(12-6-8-19-9-7-12)20-17(23)18(24)21-14-3-4-15-13(10-14)2-5-16(15)22/h3-4,10-12,19H,2,5-9H2,1H3,(H,20,23)(H,21,24)/t11-/m0/s1. The first-order chi connectivity index (χ1) is 11.5. The van der Waals surface area contributed by atoms with Crippen molar-refractivity contribution in [1.82, 2.24) is 10.6 Å². The van der Waals surface area contributed by atoms with E-state index in [1.807, 2.05) is 6.92 Å². The van der Waals surface area contributed by atoms with Crippen molar-refractivity contribution in [2.75, 3.05) is 18.4 Å². The van der Waals surface area contributed by atoms with Crippen LogP contribution >= 0.6 is 0 Å². The number of hydrogen-bond donors (Lipinski definition) is 3. The van der Waals surface area contributed by atoms with Crippen molar-refractivity contribution >= 4 is 23.3 Å². The van der Waals surface area contributed by atoms with E-state index in [2.05, 4.69) is 16.0 Å². The zero-order valence-corrected chi connectivity index (χ0v) is 13.9. The Bertz CT molecular complexity index is 665. The maximum atomic E-state index is 12.1. The highest BCUT2D eigenvalue weighted by atomic mass is 16.2. The third kappa shape index (κ3) is 3.64. The Labute approximate surface area is 141 Å². The normalized spacial score (nSPS) is 18.8. The van der Waals surface area contributed by atoms with E-state index in [1.54, 1.807) is 18.2 Å². The fourth-order valence-corrected chi connectivity index (χ4v) is 3.46. The minimum absolute atomic E-state index is 0.0250. The average molecular weight is 329 g/mol. The number of piperidine rings is 1. The van der Waals surface area contributed by atoms with Gasteiger partial charge in [0.25, 0.3) is 0 Å². The molecule has 0 bridgehead atoms. The van der Waals surface area contributed by atoms with Crippen molar-refractivity contribution in [1.29, 1.82) is 0 Å². The van der Waals surface area contributed by atoms with E-state index >= 15 is 0 Å². The number of nitrogens with one attached hydrogen (secondary N) is 3. The van der Waals surface area contributed by atoms with Crippen LogP contribution in [0.25, 0.3) is 0 Å². The van der Waals surface area contributed by atoms with E-state index in [0.29, 0.717) is 24.4 Å².